The zero-order valence-corrected chi connectivity index (χ0v) is 19.3. The van der Waals surface area contributed by atoms with E-state index >= 15 is 0 Å². The van der Waals surface area contributed by atoms with Crippen molar-refractivity contribution >= 4 is 37.7 Å². The van der Waals surface area contributed by atoms with Crippen molar-refractivity contribution in [3.8, 4) is 0 Å². The van der Waals surface area contributed by atoms with Crippen molar-refractivity contribution in [2.75, 3.05) is 19.0 Å². The Bertz CT molecular complexity index is 885. The molecule has 166 valence electrons. The molecule has 8 nitrogen and oxygen atoms in total. The molecule has 2 fully saturated rings. The summed E-state index contributed by atoms with van der Waals surface area (Å²) in [6, 6.07) is 6.71. The minimum absolute atomic E-state index is 0.103. The van der Waals surface area contributed by atoms with E-state index in [0.717, 1.165) is 5.56 Å². The monoisotopic (exact) mass is 504 g/mol. The smallest absolute Gasteiger partial charge is 0.303 e. The lowest BCUT2D eigenvalue weighted by atomic mass is 9.86. The van der Waals surface area contributed by atoms with Crippen LogP contribution in [0.1, 0.15) is 19.4 Å². The van der Waals surface area contributed by atoms with Gasteiger partial charge in [0.05, 0.1) is 22.1 Å². The van der Waals surface area contributed by atoms with Crippen LogP contribution in [0.4, 0.5) is 0 Å². The van der Waals surface area contributed by atoms with Gasteiger partial charge in [-0.2, -0.15) is 0 Å². The quantitative estimate of drug-likeness (QED) is 0.427. The fourth-order valence-corrected chi connectivity index (χ4v) is 6.58. The van der Waals surface area contributed by atoms with Crippen LogP contribution in [0.25, 0.3) is 0 Å². The Morgan fingerprint density at radius 1 is 1.17 bits per heavy atom. The number of hydrogen-bond acceptors (Lipinski definition) is 8. The summed E-state index contributed by atoms with van der Waals surface area (Å²) < 4.78 is 48.0. The van der Waals surface area contributed by atoms with Gasteiger partial charge in [0.15, 0.2) is 16.1 Å². The third-order valence-electron chi connectivity index (χ3n) is 5.26. The second-order valence-electron chi connectivity index (χ2n) is 7.63. The predicted molar refractivity (Wildman–Crippen MR) is 110 cm³/mol. The average Bonchev–Trinajstić information content (AvgIpc) is 3.04. The maximum Gasteiger partial charge on any atom is 0.303 e. The molecule has 0 spiro atoms. The van der Waals surface area contributed by atoms with Gasteiger partial charge in [-0.15, -0.1) is 0 Å². The molecule has 2 aliphatic rings. The highest BCUT2D eigenvalue weighted by Crippen LogP contribution is 2.43. The first-order chi connectivity index (χ1) is 14.1. The Morgan fingerprint density at radius 3 is 2.43 bits per heavy atom. The largest absolute Gasteiger partial charge is 0.463 e. The van der Waals surface area contributed by atoms with Crippen molar-refractivity contribution in [1.82, 2.24) is 0 Å². The molecule has 3 rings (SSSR count). The highest BCUT2D eigenvalue weighted by molar-refractivity contribution is 9.09. The number of esters is 2. The highest BCUT2D eigenvalue weighted by atomic mass is 79.9. The molecule has 2 heterocycles. The van der Waals surface area contributed by atoms with Gasteiger partial charge in [0.1, 0.15) is 18.8 Å². The van der Waals surface area contributed by atoms with Gasteiger partial charge in [-0.1, -0.05) is 33.6 Å². The lowest BCUT2D eigenvalue weighted by molar-refractivity contribution is -0.232. The number of sulfone groups is 1. The second-order valence-corrected chi connectivity index (χ2v) is 10.7. The summed E-state index contributed by atoms with van der Waals surface area (Å²) in [6.45, 7) is 4.53. The third-order valence-corrected chi connectivity index (χ3v) is 8.25. The minimum Gasteiger partial charge on any atom is -0.463 e. The molecular weight excluding hydrogens is 480 g/mol. The Balaban J connectivity index is 1.78. The molecule has 0 N–H and O–H groups in total. The Kier molecular flexibility index (Phi) is 7.21. The van der Waals surface area contributed by atoms with Crippen molar-refractivity contribution in [2.45, 2.75) is 49.0 Å². The summed E-state index contributed by atoms with van der Waals surface area (Å²) >= 11 is 3.58. The summed E-state index contributed by atoms with van der Waals surface area (Å²) in [5.41, 5.74) is 0.975. The Labute approximate surface area is 184 Å². The molecule has 0 unspecified atom stereocenters. The van der Waals surface area contributed by atoms with Crippen LogP contribution < -0.4 is 0 Å². The van der Waals surface area contributed by atoms with Gasteiger partial charge in [-0.25, -0.2) is 8.42 Å². The zero-order valence-electron chi connectivity index (χ0n) is 16.9. The summed E-state index contributed by atoms with van der Waals surface area (Å²) in [5, 5.41) is 0. The van der Waals surface area contributed by atoms with E-state index in [4.69, 9.17) is 18.9 Å². The van der Waals surface area contributed by atoms with Gasteiger partial charge in [0, 0.05) is 25.7 Å². The molecule has 0 saturated carbocycles. The van der Waals surface area contributed by atoms with E-state index in [2.05, 4.69) is 15.9 Å². The van der Waals surface area contributed by atoms with E-state index in [1.165, 1.54) is 13.8 Å². The van der Waals surface area contributed by atoms with Crippen LogP contribution in [-0.2, 0) is 38.4 Å². The molecule has 2 saturated heterocycles. The van der Waals surface area contributed by atoms with Crippen molar-refractivity contribution in [1.29, 1.82) is 0 Å². The molecule has 0 aliphatic carbocycles. The number of benzene rings is 1. The second kappa shape index (κ2) is 9.33. The number of fused-ring (bicyclic) bond motifs is 1. The van der Waals surface area contributed by atoms with Crippen molar-refractivity contribution < 1.29 is 37.0 Å². The van der Waals surface area contributed by atoms with E-state index in [0.29, 0.717) is 0 Å². The summed E-state index contributed by atoms with van der Waals surface area (Å²) in [7, 11) is -3.54. The lowest BCUT2D eigenvalue weighted by Crippen LogP contribution is -2.55. The summed E-state index contributed by atoms with van der Waals surface area (Å²) in [6.07, 6.45) is -2.18. The topological polar surface area (TPSA) is 105 Å². The number of aryl methyl sites for hydroxylation is 1. The Hall–Kier alpha value is -1.49. The third kappa shape index (κ3) is 5.22. The van der Waals surface area contributed by atoms with Gasteiger partial charge in [0.25, 0.3) is 0 Å². The normalized spacial score (nSPS) is 31.1. The molecule has 0 aromatic heterocycles. The molecule has 0 bridgehead atoms. The predicted octanol–water partition coefficient (Wildman–Crippen LogP) is 2.01. The fourth-order valence-electron chi connectivity index (χ4n) is 3.83. The van der Waals surface area contributed by atoms with Crippen molar-refractivity contribution in [3.05, 3.63) is 29.8 Å². The fraction of sp³-hybridized carbons (Fsp3) is 0.600. The molecule has 30 heavy (non-hydrogen) atoms. The zero-order chi connectivity index (χ0) is 22.1. The first kappa shape index (κ1) is 23.2. The van der Waals surface area contributed by atoms with Crippen molar-refractivity contribution in [2.24, 2.45) is 11.8 Å². The average molecular weight is 505 g/mol. The highest BCUT2D eigenvalue weighted by Gasteiger charge is 2.54. The van der Waals surface area contributed by atoms with E-state index in [-0.39, 0.29) is 35.7 Å². The van der Waals surface area contributed by atoms with Gasteiger partial charge in [-0.3, -0.25) is 9.59 Å². The van der Waals surface area contributed by atoms with E-state index in [9.17, 15) is 18.0 Å². The van der Waals surface area contributed by atoms with Crippen LogP contribution in [0.2, 0.25) is 0 Å². The van der Waals surface area contributed by atoms with Crippen LogP contribution in [0, 0.1) is 18.8 Å². The minimum atomic E-state index is -3.54. The van der Waals surface area contributed by atoms with E-state index in [1.54, 1.807) is 24.3 Å². The number of alkyl halides is 1. The molecule has 6 atom stereocenters. The number of carbonyl (C=O) groups is 2. The van der Waals surface area contributed by atoms with Crippen molar-refractivity contribution in [3.63, 3.8) is 0 Å². The molecular formula is C20H25BrO8S. The number of halogens is 1. The van der Waals surface area contributed by atoms with Crippen LogP contribution in [0.3, 0.4) is 0 Å². The summed E-state index contributed by atoms with van der Waals surface area (Å²) in [5.74, 6) is -1.84. The lowest BCUT2D eigenvalue weighted by Gasteiger charge is -2.41. The maximum atomic E-state index is 12.9. The van der Waals surface area contributed by atoms with E-state index in [1.807, 2.05) is 6.92 Å². The summed E-state index contributed by atoms with van der Waals surface area (Å²) in [4.78, 5) is 22.6. The Morgan fingerprint density at radius 2 is 1.83 bits per heavy atom. The molecule has 0 radical (unpaired) electrons. The molecule has 1 aromatic rings. The van der Waals surface area contributed by atoms with Gasteiger partial charge < -0.3 is 18.9 Å². The molecule has 2 aliphatic heterocycles. The number of rotatable bonds is 6. The van der Waals surface area contributed by atoms with Crippen LogP contribution >= 0.6 is 15.9 Å². The molecule has 0 amide bonds. The first-order valence-electron chi connectivity index (χ1n) is 9.59. The number of hydrogen-bond donors (Lipinski definition) is 0. The van der Waals surface area contributed by atoms with Gasteiger partial charge in [0.2, 0.25) is 0 Å². The molecule has 1 aromatic carbocycles. The van der Waals surface area contributed by atoms with Gasteiger partial charge >= 0.3 is 11.9 Å². The SMILES string of the molecule is CC(=O)OC[C@H]1O[C@@H]2OC[C@@H](CS(=O)(=O)c3ccc(C)cc3)[C@@H]2[C@@H](Br)[C@H]1OC(C)=O. The number of ether oxygens (including phenoxy) is 4. The van der Waals surface area contributed by atoms with Crippen LogP contribution in [0.5, 0.6) is 0 Å². The maximum absolute atomic E-state index is 12.9. The van der Waals surface area contributed by atoms with Gasteiger partial charge in [-0.05, 0) is 19.1 Å². The van der Waals surface area contributed by atoms with Crippen LogP contribution in [0.15, 0.2) is 29.2 Å². The van der Waals surface area contributed by atoms with Crippen LogP contribution in [-0.4, -0.2) is 62.6 Å². The first-order valence-corrected chi connectivity index (χ1v) is 12.2. The molecule has 10 heteroatoms. The number of carbonyl (C=O) groups excluding carboxylic acids is 2. The standard InChI is InChI=1S/C20H25BrO8S/c1-11-4-6-15(7-5-11)30(24,25)10-14-8-27-20-17(14)18(21)19(28-13(3)23)16(29-20)9-26-12(2)22/h4-7,14,16-20H,8-10H2,1-3H3/t14-,16+,17+,18+,19-,20-/m0/s1. The van der Waals surface area contributed by atoms with E-state index < -0.39 is 45.1 Å².